The molecule has 1 saturated heterocycles. The predicted molar refractivity (Wildman–Crippen MR) is 71.8 cm³/mol. The second-order valence-corrected chi connectivity index (χ2v) is 4.90. The summed E-state index contributed by atoms with van der Waals surface area (Å²) in [5, 5.41) is 3.49. The standard InChI is InChI=1S/C14H22N2O/c1-11-4-5-12(2)14(8-11)16(3)9-13-10-17-7-6-15-13/h4-5,8,13,15H,6-7,9-10H2,1-3H3. The molecule has 1 aliphatic rings. The molecule has 1 atom stereocenters. The summed E-state index contributed by atoms with van der Waals surface area (Å²) in [6.45, 7) is 7.91. The molecule has 1 N–H and O–H groups in total. The molecule has 1 fully saturated rings. The molecule has 0 radical (unpaired) electrons. The van der Waals surface area contributed by atoms with Crippen LogP contribution in [0.2, 0.25) is 0 Å². The van der Waals surface area contributed by atoms with Crippen LogP contribution in [0.5, 0.6) is 0 Å². The molecule has 0 amide bonds. The van der Waals surface area contributed by atoms with Crippen molar-refractivity contribution in [3.63, 3.8) is 0 Å². The van der Waals surface area contributed by atoms with Crippen molar-refractivity contribution in [2.75, 3.05) is 38.3 Å². The van der Waals surface area contributed by atoms with Gasteiger partial charge in [0.2, 0.25) is 0 Å². The van der Waals surface area contributed by atoms with Crippen LogP contribution in [-0.4, -0.2) is 39.4 Å². The average Bonchev–Trinajstić information content (AvgIpc) is 2.33. The van der Waals surface area contributed by atoms with Crippen LogP contribution in [0, 0.1) is 13.8 Å². The summed E-state index contributed by atoms with van der Waals surface area (Å²) in [6.07, 6.45) is 0. The summed E-state index contributed by atoms with van der Waals surface area (Å²) in [7, 11) is 2.15. The van der Waals surface area contributed by atoms with Crippen molar-refractivity contribution >= 4 is 5.69 Å². The van der Waals surface area contributed by atoms with Crippen LogP contribution in [0.15, 0.2) is 18.2 Å². The third-order valence-electron chi connectivity index (χ3n) is 3.27. The van der Waals surface area contributed by atoms with Crippen LogP contribution in [-0.2, 0) is 4.74 Å². The van der Waals surface area contributed by atoms with Crippen molar-refractivity contribution in [2.45, 2.75) is 19.9 Å². The van der Waals surface area contributed by atoms with Crippen LogP contribution < -0.4 is 10.2 Å². The Morgan fingerprint density at radius 3 is 2.94 bits per heavy atom. The number of rotatable bonds is 3. The van der Waals surface area contributed by atoms with E-state index in [-0.39, 0.29) is 0 Å². The van der Waals surface area contributed by atoms with E-state index in [4.69, 9.17) is 4.74 Å². The zero-order valence-electron chi connectivity index (χ0n) is 11.0. The van der Waals surface area contributed by atoms with E-state index < -0.39 is 0 Å². The van der Waals surface area contributed by atoms with Gasteiger partial charge in [-0.15, -0.1) is 0 Å². The Balaban J connectivity index is 2.02. The van der Waals surface area contributed by atoms with E-state index in [1.165, 1.54) is 16.8 Å². The average molecular weight is 234 g/mol. The fraction of sp³-hybridized carbons (Fsp3) is 0.571. The van der Waals surface area contributed by atoms with Gasteiger partial charge < -0.3 is 15.0 Å². The quantitative estimate of drug-likeness (QED) is 0.862. The van der Waals surface area contributed by atoms with Gasteiger partial charge in [-0.25, -0.2) is 0 Å². The zero-order chi connectivity index (χ0) is 12.3. The van der Waals surface area contributed by atoms with Crippen molar-refractivity contribution in [1.82, 2.24) is 5.32 Å². The fourth-order valence-corrected chi connectivity index (χ4v) is 2.30. The number of likely N-dealkylation sites (N-methyl/N-ethyl adjacent to an activating group) is 1. The van der Waals surface area contributed by atoms with Gasteiger partial charge in [0.05, 0.1) is 13.2 Å². The van der Waals surface area contributed by atoms with Gasteiger partial charge in [-0.2, -0.15) is 0 Å². The lowest BCUT2D eigenvalue weighted by Crippen LogP contribution is -2.47. The monoisotopic (exact) mass is 234 g/mol. The van der Waals surface area contributed by atoms with Crippen molar-refractivity contribution in [2.24, 2.45) is 0 Å². The van der Waals surface area contributed by atoms with E-state index in [2.05, 4.69) is 49.3 Å². The third-order valence-corrected chi connectivity index (χ3v) is 3.27. The number of ether oxygens (including phenoxy) is 1. The Bertz CT molecular complexity index is 372. The zero-order valence-corrected chi connectivity index (χ0v) is 11.0. The second kappa shape index (κ2) is 5.52. The molecule has 94 valence electrons. The molecule has 1 aliphatic heterocycles. The van der Waals surface area contributed by atoms with Gasteiger partial charge in [-0.3, -0.25) is 0 Å². The Hall–Kier alpha value is -1.06. The summed E-state index contributed by atoms with van der Waals surface area (Å²) >= 11 is 0. The first-order valence-corrected chi connectivity index (χ1v) is 6.26. The molecule has 0 saturated carbocycles. The highest BCUT2D eigenvalue weighted by Crippen LogP contribution is 2.20. The minimum atomic E-state index is 0.439. The van der Waals surface area contributed by atoms with Gasteiger partial charge in [-0.05, 0) is 31.0 Å². The molecule has 3 nitrogen and oxygen atoms in total. The molecule has 1 unspecified atom stereocenters. The number of morpholine rings is 1. The number of anilines is 1. The molecule has 3 heteroatoms. The predicted octanol–water partition coefficient (Wildman–Crippen LogP) is 1.73. The summed E-state index contributed by atoms with van der Waals surface area (Å²) < 4.78 is 5.48. The topological polar surface area (TPSA) is 24.5 Å². The second-order valence-electron chi connectivity index (χ2n) is 4.90. The lowest BCUT2D eigenvalue weighted by molar-refractivity contribution is 0.0791. The largest absolute Gasteiger partial charge is 0.378 e. The molecular formula is C14H22N2O. The Labute approximate surface area is 104 Å². The normalized spacial score (nSPS) is 20.3. The lowest BCUT2D eigenvalue weighted by Gasteiger charge is -2.30. The van der Waals surface area contributed by atoms with E-state index in [1.54, 1.807) is 0 Å². The molecule has 17 heavy (non-hydrogen) atoms. The first-order chi connectivity index (χ1) is 8.16. The van der Waals surface area contributed by atoms with Gasteiger partial charge in [0.25, 0.3) is 0 Å². The number of hydrogen-bond acceptors (Lipinski definition) is 3. The van der Waals surface area contributed by atoms with Crippen molar-refractivity contribution in [3.8, 4) is 0 Å². The Morgan fingerprint density at radius 2 is 2.24 bits per heavy atom. The highest BCUT2D eigenvalue weighted by Gasteiger charge is 2.16. The molecule has 0 aliphatic carbocycles. The highest BCUT2D eigenvalue weighted by molar-refractivity contribution is 5.54. The van der Waals surface area contributed by atoms with E-state index in [0.717, 1.165) is 26.3 Å². The first kappa shape index (κ1) is 12.4. The van der Waals surface area contributed by atoms with E-state index >= 15 is 0 Å². The third kappa shape index (κ3) is 3.20. The molecule has 0 bridgehead atoms. The Morgan fingerprint density at radius 1 is 1.41 bits per heavy atom. The Kier molecular flexibility index (Phi) is 4.02. The summed E-state index contributed by atoms with van der Waals surface area (Å²) in [5.41, 5.74) is 3.96. The molecule has 1 heterocycles. The first-order valence-electron chi connectivity index (χ1n) is 6.26. The van der Waals surface area contributed by atoms with Crippen molar-refractivity contribution in [1.29, 1.82) is 0 Å². The van der Waals surface area contributed by atoms with Gasteiger partial charge in [0.15, 0.2) is 0 Å². The van der Waals surface area contributed by atoms with E-state index in [9.17, 15) is 0 Å². The SMILES string of the molecule is Cc1ccc(C)c(N(C)CC2COCCN2)c1. The molecule has 2 rings (SSSR count). The molecule has 1 aromatic carbocycles. The summed E-state index contributed by atoms with van der Waals surface area (Å²) in [4.78, 5) is 2.31. The molecule has 1 aromatic rings. The molecular weight excluding hydrogens is 212 g/mol. The van der Waals surface area contributed by atoms with Gasteiger partial charge in [-0.1, -0.05) is 12.1 Å². The maximum atomic E-state index is 5.48. The maximum Gasteiger partial charge on any atom is 0.0637 e. The van der Waals surface area contributed by atoms with Crippen LogP contribution >= 0.6 is 0 Å². The van der Waals surface area contributed by atoms with Crippen LogP contribution in [0.1, 0.15) is 11.1 Å². The van der Waals surface area contributed by atoms with Crippen LogP contribution in [0.25, 0.3) is 0 Å². The van der Waals surface area contributed by atoms with Crippen LogP contribution in [0.3, 0.4) is 0 Å². The minimum absolute atomic E-state index is 0.439. The highest BCUT2D eigenvalue weighted by atomic mass is 16.5. The van der Waals surface area contributed by atoms with E-state index in [1.807, 2.05) is 0 Å². The molecule has 0 aromatic heterocycles. The summed E-state index contributed by atoms with van der Waals surface area (Å²) in [6, 6.07) is 7.04. The maximum absolute atomic E-state index is 5.48. The van der Waals surface area contributed by atoms with Crippen molar-refractivity contribution in [3.05, 3.63) is 29.3 Å². The van der Waals surface area contributed by atoms with Gasteiger partial charge in [0.1, 0.15) is 0 Å². The summed E-state index contributed by atoms with van der Waals surface area (Å²) in [5.74, 6) is 0. The van der Waals surface area contributed by atoms with Gasteiger partial charge >= 0.3 is 0 Å². The van der Waals surface area contributed by atoms with Crippen LogP contribution in [0.4, 0.5) is 5.69 Å². The number of nitrogens with zero attached hydrogens (tertiary/aromatic N) is 1. The lowest BCUT2D eigenvalue weighted by atomic mass is 10.1. The minimum Gasteiger partial charge on any atom is -0.378 e. The smallest absolute Gasteiger partial charge is 0.0637 e. The van der Waals surface area contributed by atoms with Gasteiger partial charge in [0, 0.05) is 31.9 Å². The number of nitrogens with one attached hydrogen (secondary N) is 1. The molecule has 0 spiro atoms. The number of benzene rings is 1. The fourth-order valence-electron chi connectivity index (χ4n) is 2.30. The number of aryl methyl sites for hydroxylation is 2. The van der Waals surface area contributed by atoms with Crippen molar-refractivity contribution < 1.29 is 4.74 Å². The number of hydrogen-bond donors (Lipinski definition) is 1. The van der Waals surface area contributed by atoms with E-state index in [0.29, 0.717) is 6.04 Å².